The van der Waals surface area contributed by atoms with Crippen molar-refractivity contribution >= 4 is 5.97 Å². The van der Waals surface area contributed by atoms with Crippen LogP contribution in [0, 0.1) is 5.41 Å². The summed E-state index contributed by atoms with van der Waals surface area (Å²) in [6, 6.07) is 0. The zero-order chi connectivity index (χ0) is 14.5. The summed E-state index contributed by atoms with van der Waals surface area (Å²) in [7, 11) is 0. The van der Waals surface area contributed by atoms with Crippen molar-refractivity contribution in [2.24, 2.45) is 5.41 Å². The van der Waals surface area contributed by atoms with Gasteiger partial charge >= 0.3 is 5.97 Å². The Morgan fingerprint density at radius 3 is 2.26 bits per heavy atom. The van der Waals surface area contributed by atoms with Gasteiger partial charge in [0.1, 0.15) is 11.9 Å². The Bertz CT molecular complexity index is 414. The summed E-state index contributed by atoms with van der Waals surface area (Å²) in [6.07, 6.45) is 6.26. The molecule has 1 heterocycles. The standard InChI is InChI=1S/C14H23N3O2/c1-13(2,3)5-6-14(4,12(18)19)17-9-11-7-15-10-16-8-11/h7-8,10,17H,5-6,9H2,1-4H3,(H,18,19)/t14-/m0/s1. The van der Waals surface area contributed by atoms with Gasteiger partial charge in [0, 0.05) is 24.5 Å². The van der Waals surface area contributed by atoms with E-state index < -0.39 is 11.5 Å². The number of nitrogens with zero attached hydrogens (tertiary/aromatic N) is 2. The van der Waals surface area contributed by atoms with E-state index in [1.165, 1.54) is 6.33 Å². The van der Waals surface area contributed by atoms with Crippen molar-refractivity contribution in [3.8, 4) is 0 Å². The van der Waals surface area contributed by atoms with E-state index in [0.29, 0.717) is 13.0 Å². The minimum atomic E-state index is -0.927. The van der Waals surface area contributed by atoms with Gasteiger partial charge in [-0.3, -0.25) is 10.1 Å². The topological polar surface area (TPSA) is 75.1 Å². The van der Waals surface area contributed by atoms with Gasteiger partial charge < -0.3 is 5.11 Å². The van der Waals surface area contributed by atoms with Gasteiger partial charge in [-0.25, -0.2) is 9.97 Å². The van der Waals surface area contributed by atoms with Gasteiger partial charge in [0.25, 0.3) is 0 Å². The van der Waals surface area contributed by atoms with E-state index >= 15 is 0 Å². The van der Waals surface area contributed by atoms with Crippen LogP contribution in [-0.2, 0) is 11.3 Å². The van der Waals surface area contributed by atoms with Gasteiger partial charge in [-0.2, -0.15) is 0 Å². The maximum atomic E-state index is 11.5. The maximum absolute atomic E-state index is 11.5. The molecule has 19 heavy (non-hydrogen) atoms. The van der Waals surface area contributed by atoms with E-state index in [1.807, 2.05) is 0 Å². The average molecular weight is 265 g/mol. The minimum absolute atomic E-state index is 0.119. The number of aromatic nitrogens is 2. The molecule has 106 valence electrons. The lowest BCUT2D eigenvalue weighted by molar-refractivity contribution is -0.144. The molecule has 0 bridgehead atoms. The molecule has 0 saturated carbocycles. The van der Waals surface area contributed by atoms with Crippen LogP contribution < -0.4 is 5.32 Å². The van der Waals surface area contributed by atoms with Crippen LogP contribution >= 0.6 is 0 Å². The summed E-state index contributed by atoms with van der Waals surface area (Å²) >= 11 is 0. The normalized spacial score (nSPS) is 14.9. The molecule has 0 spiro atoms. The Labute approximate surface area is 114 Å². The SMILES string of the molecule is CC(C)(C)CC[C@](C)(NCc1cncnc1)C(=O)O. The fraction of sp³-hybridized carbons (Fsp3) is 0.643. The van der Waals surface area contributed by atoms with Crippen LogP contribution in [0.5, 0.6) is 0 Å². The van der Waals surface area contributed by atoms with Crippen LogP contribution in [-0.4, -0.2) is 26.6 Å². The lowest BCUT2D eigenvalue weighted by atomic mass is 9.84. The van der Waals surface area contributed by atoms with Gasteiger partial charge in [0.05, 0.1) is 0 Å². The first-order valence-corrected chi connectivity index (χ1v) is 6.45. The lowest BCUT2D eigenvalue weighted by Gasteiger charge is -2.29. The van der Waals surface area contributed by atoms with Gasteiger partial charge in [-0.05, 0) is 25.2 Å². The molecule has 1 aromatic rings. The highest BCUT2D eigenvalue weighted by Crippen LogP contribution is 2.26. The molecule has 0 aromatic carbocycles. The highest BCUT2D eigenvalue weighted by molar-refractivity contribution is 5.78. The van der Waals surface area contributed by atoms with Crippen molar-refractivity contribution in [2.75, 3.05) is 0 Å². The van der Waals surface area contributed by atoms with Crippen LogP contribution in [0.4, 0.5) is 0 Å². The molecule has 5 nitrogen and oxygen atoms in total. The van der Waals surface area contributed by atoms with E-state index in [4.69, 9.17) is 0 Å². The first-order chi connectivity index (χ1) is 8.73. The third-order valence-corrected chi connectivity index (χ3v) is 3.14. The number of aliphatic carboxylic acids is 1. The molecule has 1 atom stereocenters. The third-order valence-electron chi connectivity index (χ3n) is 3.14. The van der Waals surface area contributed by atoms with Crippen molar-refractivity contribution < 1.29 is 9.90 Å². The van der Waals surface area contributed by atoms with Crippen LogP contribution in [0.2, 0.25) is 0 Å². The second-order valence-corrected chi connectivity index (χ2v) is 6.30. The number of carboxylic acid groups (broad SMARTS) is 1. The summed E-state index contributed by atoms with van der Waals surface area (Å²) in [4.78, 5) is 19.3. The first-order valence-electron chi connectivity index (χ1n) is 6.45. The molecule has 0 saturated heterocycles. The van der Waals surface area contributed by atoms with E-state index in [2.05, 4.69) is 36.1 Å². The van der Waals surface area contributed by atoms with Crippen LogP contribution in [0.3, 0.4) is 0 Å². The van der Waals surface area contributed by atoms with Crippen molar-refractivity contribution in [1.29, 1.82) is 0 Å². The fourth-order valence-electron chi connectivity index (χ4n) is 1.61. The average Bonchev–Trinajstić information content (AvgIpc) is 2.34. The highest BCUT2D eigenvalue weighted by Gasteiger charge is 2.33. The van der Waals surface area contributed by atoms with Crippen LogP contribution in [0.15, 0.2) is 18.7 Å². The lowest BCUT2D eigenvalue weighted by Crippen LogP contribution is -2.49. The van der Waals surface area contributed by atoms with Gasteiger partial charge in [-0.1, -0.05) is 20.8 Å². The fourth-order valence-corrected chi connectivity index (χ4v) is 1.61. The van der Waals surface area contributed by atoms with Crippen molar-refractivity contribution in [2.45, 2.75) is 52.6 Å². The molecular weight excluding hydrogens is 242 g/mol. The van der Waals surface area contributed by atoms with E-state index in [1.54, 1.807) is 19.3 Å². The predicted molar refractivity (Wildman–Crippen MR) is 73.6 cm³/mol. The number of hydrogen-bond acceptors (Lipinski definition) is 4. The highest BCUT2D eigenvalue weighted by atomic mass is 16.4. The van der Waals surface area contributed by atoms with Gasteiger partial charge in [0.15, 0.2) is 0 Å². The molecule has 0 amide bonds. The van der Waals surface area contributed by atoms with Crippen molar-refractivity contribution in [3.05, 3.63) is 24.3 Å². The number of carboxylic acids is 1. The molecule has 0 aliphatic heterocycles. The number of nitrogens with one attached hydrogen (secondary N) is 1. The minimum Gasteiger partial charge on any atom is -0.480 e. The summed E-state index contributed by atoms with van der Waals surface area (Å²) < 4.78 is 0. The Morgan fingerprint density at radius 1 is 1.21 bits per heavy atom. The largest absolute Gasteiger partial charge is 0.480 e. The number of carbonyl (C=O) groups is 1. The smallest absolute Gasteiger partial charge is 0.323 e. The summed E-state index contributed by atoms with van der Waals surface area (Å²) in [5, 5.41) is 12.5. The molecule has 5 heteroatoms. The Hall–Kier alpha value is -1.49. The summed E-state index contributed by atoms with van der Waals surface area (Å²) in [6.45, 7) is 8.51. The molecule has 0 fully saturated rings. The van der Waals surface area contributed by atoms with Crippen molar-refractivity contribution in [3.63, 3.8) is 0 Å². The Morgan fingerprint density at radius 2 is 1.79 bits per heavy atom. The first kappa shape index (κ1) is 15.6. The quantitative estimate of drug-likeness (QED) is 0.825. The second-order valence-electron chi connectivity index (χ2n) is 6.30. The molecule has 0 aliphatic rings. The van der Waals surface area contributed by atoms with E-state index in [0.717, 1.165) is 12.0 Å². The number of rotatable bonds is 6. The van der Waals surface area contributed by atoms with Crippen LogP contribution in [0.25, 0.3) is 0 Å². The monoisotopic (exact) mass is 265 g/mol. The predicted octanol–water partition coefficient (Wildman–Crippen LogP) is 2.24. The molecule has 1 rings (SSSR count). The molecule has 1 aromatic heterocycles. The zero-order valence-corrected chi connectivity index (χ0v) is 12.1. The Kier molecular flexibility index (Phi) is 5.00. The molecule has 0 aliphatic carbocycles. The molecule has 0 unspecified atom stereocenters. The van der Waals surface area contributed by atoms with E-state index in [-0.39, 0.29) is 5.41 Å². The van der Waals surface area contributed by atoms with Crippen LogP contribution in [0.1, 0.15) is 46.1 Å². The van der Waals surface area contributed by atoms with Crippen molar-refractivity contribution in [1.82, 2.24) is 15.3 Å². The summed E-state index contributed by atoms with van der Waals surface area (Å²) in [5.41, 5.74) is 0.0721. The molecule has 2 N–H and O–H groups in total. The zero-order valence-electron chi connectivity index (χ0n) is 12.1. The number of hydrogen-bond donors (Lipinski definition) is 2. The third kappa shape index (κ3) is 5.34. The van der Waals surface area contributed by atoms with Gasteiger partial charge in [0.2, 0.25) is 0 Å². The Balaban J connectivity index is 2.64. The second kappa shape index (κ2) is 6.10. The van der Waals surface area contributed by atoms with Gasteiger partial charge in [-0.15, -0.1) is 0 Å². The van der Waals surface area contributed by atoms with E-state index in [9.17, 15) is 9.90 Å². The summed E-state index contributed by atoms with van der Waals surface area (Å²) in [5.74, 6) is -0.825. The molecule has 0 radical (unpaired) electrons. The maximum Gasteiger partial charge on any atom is 0.323 e. The molecular formula is C14H23N3O2.